The number of nitrogens with zero attached hydrogens (tertiary/aromatic N) is 1. The normalized spacial score (nSPS) is 11.9. The van der Waals surface area contributed by atoms with E-state index in [0.29, 0.717) is 16.8 Å². The fourth-order valence-electron chi connectivity index (χ4n) is 2.93. The third-order valence-corrected chi connectivity index (χ3v) is 4.40. The molecule has 1 N–H and O–H groups in total. The Bertz CT molecular complexity index is 1000. The number of carbonyl (C=O) groups excluding carboxylic acids is 1. The zero-order chi connectivity index (χ0) is 19.1. The number of aromatic nitrogens is 1. The summed E-state index contributed by atoms with van der Waals surface area (Å²) in [5.41, 5.74) is 3.57. The van der Waals surface area contributed by atoms with Crippen molar-refractivity contribution in [1.29, 1.82) is 0 Å². The van der Waals surface area contributed by atoms with Crippen molar-refractivity contribution in [2.75, 3.05) is 5.32 Å². The van der Waals surface area contributed by atoms with Crippen molar-refractivity contribution < 1.29 is 9.21 Å². The van der Waals surface area contributed by atoms with Crippen molar-refractivity contribution in [1.82, 2.24) is 4.57 Å². The molecule has 0 aliphatic heterocycles. The highest BCUT2D eigenvalue weighted by Gasteiger charge is 2.15. The van der Waals surface area contributed by atoms with Gasteiger partial charge in [-0.15, -0.1) is 0 Å². The summed E-state index contributed by atoms with van der Waals surface area (Å²) in [6.45, 7) is 10.2. The number of amides is 1. The number of oxazole rings is 1. The zero-order valence-corrected chi connectivity index (χ0v) is 15.8. The summed E-state index contributed by atoms with van der Waals surface area (Å²) >= 11 is 0. The average molecular weight is 352 g/mol. The number of nitrogens with one attached hydrogen (secondary N) is 1. The molecular weight excluding hydrogens is 328 g/mol. The first-order valence-corrected chi connectivity index (χ1v) is 8.74. The molecule has 3 aromatic rings. The van der Waals surface area contributed by atoms with Crippen molar-refractivity contribution in [3.63, 3.8) is 0 Å². The fourth-order valence-corrected chi connectivity index (χ4v) is 2.93. The summed E-state index contributed by atoms with van der Waals surface area (Å²) in [7, 11) is 0. The molecule has 0 aliphatic rings. The van der Waals surface area contributed by atoms with Crippen molar-refractivity contribution in [2.24, 2.45) is 0 Å². The van der Waals surface area contributed by atoms with Gasteiger partial charge in [-0.05, 0) is 49.1 Å². The van der Waals surface area contributed by atoms with E-state index in [1.54, 1.807) is 22.8 Å². The van der Waals surface area contributed by atoms with Crippen LogP contribution < -0.4 is 11.1 Å². The maximum Gasteiger partial charge on any atom is 0.420 e. The molecule has 26 heavy (non-hydrogen) atoms. The van der Waals surface area contributed by atoms with Crippen molar-refractivity contribution >= 4 is 22.7 Å². The zero-order valence-electron chi connectivity index (χ0n) is 15.8. The second-order valence-electron chi connectivity index (χ2n) is 7.80. The van der Waals surface area contributed by atoms with Crippen LogP contribution in [0.25, 0.3) is 11.1 Å². The molecule has 1 amide bonds. The molecule has 0 atom stereocenters. The largest absolute Gasteiger partial charge is 0.420 e. The molecule has 1 aromatic heterocycles. The number of carbonyl (C=O) groups is 1. The number of anilines is 1. The van der Waals surface area contributed by atoms with Crippen LogP contribution in [0.5, 0.6) is 0 Å². The standard InChI is InChI=1S/C21H24N2O3/c1-13(2)23-17-11-10-16(12-18(17)26-20(23)25)22-19(24)14-6-8-15(9-7-14)21(3,4)5/h6-13H,1-5H3,(H,22,24). The second kappa shape index (κ2) is 6.48. The number of rotatable bonds is 3. The van der Waals surface area contributed by atoms with E-state index >= 15 is 0 Å². The van der Waals surface area contributed by atoms with Crippen LogP contribution in [0.4, 0.5) is 5.69 Å². The van der Waals surface area contributed by atoms with Crippen LogP contribution in [0.15, 0.2) is 51.7 Å². The van der Waals surface area contributed by atoms with Gasteiger partial charge in [0, 0.05) is 23.4 Å². The van der Waals surface area contributed by atoms with E-state index in [4.69, 9.17) is 4.42 Å². The highest BCUT2D eigenvalue weighted by atomic mass is 16.4. The smallest absolute Gasteiger partial charge is 0.408 e. The van der Waals surface area contributed by atoms with Gasteiger partial charge in [0.1, 0.15) is 0 Å². The van der Waals surface area contributed by atoms with Crippen molar-refractivity contribution in [3.8, 4) is 0 Å². The van der Waals surface area contributed by atoms with Crippen LogP contribution >= 0.6 is 0 Å². The van der Waals surface area contributed by atoms with Gasteiger partial charge in [0.2, 0.25) is 0 Å². The second-order valence-corrected chi connectivity index (χ2v) is 7.80. The summed E-state index contributed by atoms with van der Waals surface area (Å²) in [4.78, 5) is 24.4. The lowest BCUT2D eigenvalue weighted by atomic mass is 9.87. The Morgan fingerprint density at radius 3 is 2.31 bits per heavy atom. The van der Waals surface area contributed by atoms with Crippen LogP contribution in [0.1, 0.15) is 56.6 Å². The third kappa shape index (κ3) is 3.43. The molecule has 0 radical (unpaired) electrons. The first-order chi connectivity index (χ1) is 12.2. The van der Waals surface area contributed by atoms with E-state index in [0.717, 1.165) is 5.52 Å². The predicted octanol–water partition coefficient (Wildman–Crippen LogP) is 4.73. The van der Waals surface area contributed by atoms with E-state index in [9.17, 15) is 9.59 Å². The molecule has 136 valence electrons. The van der Waals surface area contributed by atoms with E-state index < -0.39 is 5.76 Å². The summed E-state index contributed by atoms with van der Waals surface area (Å²) in [5.74, 6) is -0.591. The Labute approximate surface area is 152 Å². The van der Waals surface area contributed by atoms with Gasteiger partial charge in [0.05, 0.1) is 5.52 Å². The summed E-state index contributed by atoms with van der Waals surface area (Å²) in [6, 6.07) is 12.8. The lowest BCUT2D eigenvalue weighted by Crippen LogP contribution is -2.16. The molecule has 1 heterocycles. The van der Waals surface area contributed by atoms with Gasteiger partial charge in [0.15, 0.2) is 5.58 Å². The number of fused-ring (bicyclic) bond motifs is 1. The number of benzene rings is 2. The topological polar surface area (TPSA) is 64.2 Å². The molecule has 0 spiro atoms. The molecule has 5 heteroatoms. The molecular formula is C21H24N2O3. The summed E-state index contributed by atoms with van der Waals surface area (Å²) in [6.07, 6.45) is 0. The number of hydrogen-bond acceptors (Lipinski definition) is 3. The minimum atomic E-state index is -0.392. The molecule has 0 saturated carbocycles. The van der Waals surface area contributed by atoms with Crippen LogP contribution in [0, 0.1) is 0 Å². The van der Waals surface area contributed by atoms with Gasteiger partial charge in [-0.25, -0.2) is 4.79 Å². The highest BCUT2D eigenvalue weighted by Crippen LogP contribution is 2.24. The monoisotopic (exact) mass is 352 g/mol. The molecule has 0 aliphatic carbocycles. The third-order valence-electron chi connectivity index (χ3n) is 4.40. The molecule has 0 bridgehead atoms. The van der Waals surface area contributed by atoms with Crippen LogP contribution in [-0.4, -0.2) is 10.5 Å². The molecule has 5 nitrogen and oxygen atoms in total. The summed E-state index contributed by atoms with van der Waals surface area (Å²) < 4.78 is 6.89. The molecule has 0 fully saturated rings. The minimum Gasteiger partial charge on any atom is -0.408 e. The van der Waals surface area contributed by atoms with E-state index in [1.807, 2.05) is 38.1 Å². The van der Waals surface area contributed by atoms with Crippen LogP contribution in [0.3, 0.4) is 0 Å². The molecule has 0 unspecified atom stereocenters. The molecule has 2 aromatic carbocycles. The minimum absolute atomic E-state index is 0.00511. The maximum absolute atomic E-state index is 12.5. The van der Waals surface area contributed by atoms with Gasteiger partial charge in [0.25, 0.3) is 5.91 Å². The Balaban J connectivity index is 1.84. The predicted molar refractivity (Wildman–Crippen MR) is 104 cm³/mol. The summed E-state index contributed by atoms with van der Waals surface area (Å²) in [5, 5.41) is 2.86. The van der Waals surface area contributed by atoms with Gasteiger partial charge in [-0.3, -0.25) is 9.36 Å². The first kappa shape index (κ1) is 18.0. The van der Waals surface area contributed by atoms with Gasteiger partial charge >= 0.3 is 5.76 Å². The van der Waals surface area contributed by atoms with Crippen molar-refractivity contribution in [2.45, 2.75) is 46.1 Å². The van der Waals surface area contributed by atoms with Crippen LogP contribution in [-0.2, 0) is 5.41 Å². The van der Waals surface area contributed by atoms with Gasteiger partial charge in [-0.2, -0.15) is 0 Å². The van der Waals surface area contributed by atoms with Gasteiger partial charge in [-0.1, -0.05) is 32.9 Å². The highest BCUT2D eigenvalue weighted by molar-refractivity contribution is 6.04. The van der Waals surface area contributed by atoms with Crippen molar-refractivity contribution in [3.05, 3.63) is 64.1 Å². The van der Waals surface area contributed by atoms with Gasteiger partial charge < -0.3 is 9.73 Å². The lowest BCUT2D eigenvalue weighted by molar-refractivity contribution is 0.102. The lowest BCUT2D eigenvalue weighted by Gasteiger charge is -2.19. The molecule has 0 saturated heterocycles. The maximum atomic E-state index is 12.5. The van der Waals surface area contributed by atoms with Crippen LogP contribution in [0.2, 0.25) is 0 Å². The van der Waals surface area contributed by atoms with E-state index in [1.165, 1.54) is 5.56 Å². The Morgan fingerprint density at radius 1 is 1.08 bits per heavy atom. The Hall–Kier alpha value is -2.82. The van der Waals surface area contributed by atoms with E-state index in [-0.39, 0.29) is 17.4 Å². The fraction of sp³-hybridized carbons (Fsp3) is 0.333. The average Bonchev–Trinajstić information content (AvgIpc) is 2.89. The SMILES string of the molecule is CC(C)n1c(=O)oc2cc(NC(=O)c3ccc(C(C)(C)C)cc3)ccc21. The number of hydrogen-bond donors (Lipinski definition) is 1. The van der Waals surface area contributed by atoms with E-state index in [2.05, 4.69) is 26.1 Å². The Morgan fingerprint density at radius 2 is 1.73 bits per heavy atom. The molecule has 3 rings (SSSR count). The first-order valence-electron chi connectivity index (χ1n) is 8.74. The quantitative estimate of drug-likeness (QED) is 0.741. The Kier molecular flexibility index (Phi) is 4.48.